The molecule has 0 aliphatic rings. The standard InChI is InChI=1S/C29H48N2O9S/c1-10-39-24(33)21(2)16-22-12-11-13-23(17-22)29(8,25(34)30-31(9)26(35)40-27(3,4)5)19-38-18-28(6,7)20-41(36,37)15-14-32/h11-13,17,21,32H,10,14-16,18-20H2,1-9H3,(H,30,34)/i8D3. The normalized spacial score (nSPS) is 15.9. The van der Waals surface area contributed by atoms with E-state index in [0.29, 0.717) is 5.56 Å². The molecular weight excluding hydrogens is 552 g/mol. The highest BCUT2D eigenvalue weighted by Gasteiger charge is 2.39. The topological polar surface area (TPSA) is 149 Å². The highest BCUT2D eigenvalue weighted by atomic mass is 32.2. The van der Waals surface area contributed by atoms with Crippen LogP contribution >= 0.6 is 0 Å². The molecule has 2 amide bonds. The number of hydrazine groups is 1. The van der Waals surface area contributed by atoms with Crippen LogP contribution in [0.3, 0.4) is 0 Å². The third-order valence-corrected chi connectivity index (χ3v) is 7.83. The lowest BCUT2D eigenvalue weighted by atomic mass is 9.81. The molecule has 0 fully saturated rings. The summed E-state index contributed by atoms with van der Waals surface area (Å²) in [5.41, 5.74) is -1.37. The third kappa shape index (κ3) is 12.4. The Morgan fingerprint density at radius 2 is 1.80 bits per heavy atom. The smallest absolute Gasteiger partial charge is 0.428 e. The molecule has 2 atom stereocenters. The van der Waals surface area contributed by atoms with Crippen molar-refractivity contribution >= 4 is 27.8 Å². The minimum atomic E-state index is -3.64. The van der Waals surface area contributed by atoms with E-state index in [9.17, 15) is 22.8 Å². The summed E-state index contributed by atoms with van der Waals surface area (Å²) in [5.74, 6) is -2.87. The number of carbonyl (C=O) groups is 3. The van der Waals surface area contributed by atoms with E-state index in [2.05, 4.69) is 5.43 Å². The van der Waals surface area contributed by atoms with Crippen LogP contribution in [-0.4, -0.2) is 87.1 Å². The van der Waals surface area contributed by atoms with E-state index in [-0.39, 0.29) is 31.0 Å². The highest BCUT2D eigenvalue weighted by molar-refractivity contribution is 7.91. The van der Waals surface area contributed by atoms with Crippen molar-refractivity contribution < 1.29 is 46.2 Å². The van der Waals surface area contributed by atoms with Gasteiger partial charge < -0.3 is 19.3 Å². The minimum Gasteiger partial charge on any atom is -0.466 e. The molecule has 0 bridgehead atoms. The molecule has 0 aliphatic heterocycles. The second kappa shape index (κ2) is 15.0. The number of carbonyl (C=O) groups excluding carboxylic acids is 3. The molecule has 12 heteroatoms. The quantitative estimate of drug-likeness (QED) is 0.242. The zero-order valence-electron chi connectivity index (χ0n) is 28.4. The Bertz CT molecular complexity index is 1250. The molecule has 0 saturated carbocycles. The van der Waals surface area contributed by atoms with Gasteiger partial charge in [0.15, 0.2) is 9.84 Å². The van der Waals surface area contributed by atoms with Gasteiger partial charge in [-0.25, -0.2) is 18.2 Å². The van der Waals surface area contributed by atoms with Crippen LogP contribution in [0.5, 0.6) is 0 Å². The summed E-state index contributed by atoms with van der Waals surface area (Å²) in [7, 11) is -2.43. The number of amides is 2. The molecule has 2 N–H and O–H groups in total. The van der Waals surface area contributed by atoms with Crippen molar-refractivity contribution in [3.8, 4) is 0 Å². The van der Waals surface area contributed by atoms with E-state index in [1.54, 1.807) is 60.6 Å². The van der Waals surface area contributed by atoms with Crippen LogP contribution < -0.4 is 5.43 Å². The molecule has 1 rings (SSSR count). The lowest BCUT2D eigenvalue weighted by molar-refractivity contribution is -0.147. The van der Waals surface area contributed by atoms with Crippen molar-refractivity contribution in [3.63, 3.8) is 0 Å². The van der Waals surface area contributed by atoms with E-state index < -0.39 is 76.0 Å². The number of ether oxygens (including phenoxy) is 3. The number of benzene rings is 1. The van der Waals surface area contributed by atoms with Gasteiger partial charge in [-0.1, -0.05) is 45.0 Å². The molecule has 0 radical (unpaired) electrons. The number of hydrogen-bond donors (Lipinski definition) is 2. The average Bonchev–Trinajstić information content (AvgIpc) is 2.84. The molecule has 1 aromatic carbocycles. The van der Waals surface area contributed by atoms with E-state index in [1.807, 2.05) is 0 Å². The largest absolute Gasteiger partial charge is 0.466 e. The van der Waals surface area contributed by atoms with Gasteiger partial charge >= 0.3 is 12.1 Å². The van der Waals surface area contributed by atoms with Gasteiger partial charge in [0.25, 0.3) is 5.91 Å². The van der Waals surface area contributed by atoms with E-state index >= 15 is 0 Å². The van der Waals surface area contributed by atoms with E-state index in [4.69, 9.17) is 23.4 Å². The predicted octanol–water partition coefficient (Wildman–Crippen LogP) is 3.03. The van der Waals surface area contributed by atoms with E-state index in [0.717, 1.165) is 5.01 Å². The summed E-state index contributed by atoms with van der Waals surface area (Å²) in [6.07, 6.45) is -0.738. The maximum Gasteiger partial charge on any atom is 0.428 e. The monoisotopic (exact) mass is 603 g/mol. The molecule has 0 heterocycles. The fourth-order valence-electron chi connectivity index (χ4n) is 3.92. The van der Waals surface area contributed by atoms with Gasteiger partial charge in [0.2, 0.25) is 0 Å². The fourth-order valence-corrected chi connectivity index (χ4v) is 5.61. The summed E-state index contributed by atoms with van der Waals surface area (Å²) in [4.78, 5) is 38.9. The number of nitrogens with one attached hydrogen (secondary N) is 1. The Kier molecular flexibility index (Phi) is 11.4. The number of aliphatic hydroxyl groups excluding tert-OH is 1. The number of esters is 1. The molecule has 234 valence electrons. The molecule has 1 aromatic rings. The van der Waals surface area contributed by atoms with Crippen molar-refractivity contribution in [2.45, 2.75) is 72.8 Å². The SMILES string of the molecule is [2H]C([2H])([2H])C(COCC(C)(C)CS(=O)(=O)CCO)(C(=O)NN(C)C(=O)OC(C)(C)C)c1cccc(CC(C)C(=O)OCC)c1. The fraction of sp³-hybridized carbons (Fsp3) is 0.690. The Morgan fingerprint density at radius 1 is 1.15 bits per heavy atom. The number of aliphatic hydroxyl groups is 1. The third-order valence-electron chi connectivity index (χ3n) is 5.80. The van der Waals surface area contributed by atoms with Crippen molar-refractivity contribution in [1.29, 1.82) is 0 Å². The van der Waals surface area contributed by atoms with Gasteiger partial charge in [-0.2, -0.15) is 0 Å². The summed E-state index contributed by atoms with van der Waals surface area (Å²) in [6, 6.07) is 6.18. The zero-order valence-corrected chi connectivity index (χ0v) is 26.2. The highest BCUT2D eigenvalue weighted by Crippen LogP contribution is 2.29. The van der Waals surface area contributed by atoms with Gasteiger partial charge in [-0.15, -0.1) is 0 Å². The van der Waals surface area contributed by atoms with Crippen molar-refractivity contribution in [2.75, 3.05) is 45.0 Å². The van der Waals surface area contributed by atoms with Crippen molar-refractivity contribution in [2.24, 2.45) is 11.3 Å². The zero-order chi connectivity index (χ0) is 34.1. The predicted molar refractivity (Wildman–Crippen MR) is 156 cm³/mol. The van der Waals surface area contributed by atoms with Crippen molar-refractivity contribution in [3.05, 3.63) is 35.4 Å². The molecule has 0 saturated heterocycles. The van der Waals surface area contributed by atoms with Crippen LogP contribution in [0.1, 0.15) is 70.6 Å². The first-order valence-electron chi connectivity index (χ1n) is 14.9. The molecule has 0 aromatic heterocycles. The molecule has 11 nitrogen and oxygen atoms in total. The summed E-state index contributed by atoms with van der Waals surface area (Å²) < 4.78 is 66.5. The summed E-state index contributed by atoms with van der Waals surface area (Å²) in [6.45, 7) is 7.12. The first-order valence-corrected chi connectivity index (χ1v) is 15.3. The molecule has 41 heavy (non-hydrogen) atoms. The van der Waals surface area contributed by atoms with Gasteiger partial charge in [0.1, 0.15) is 5.60 Å². The number of hydrogen-bond acceptors (Lipinski definition) is 9. The lowest BCUT2D eigenvalue weighted by Crippen LogP contribution is -2.53. The first-order chi connectivity index (χ1) is 20.0. The maximum absolute atomic E-state index is 14.0. The molecular formula is C29H48N2O9S. The van der Waals surface area contributed by atoms with Crippen LogP contribution in [0.4, 0.5) is 4.79 Å². The summed E-state index contributed by atoms with van der Waals surface area (Å²) in [5, 5.41) is 9.83. The number of rotatable bonds is 14. The second-order valence-corrected chi connectivity index (χ2v) is 14.1. The van der Waals surface area contributed by atoms with Gasteiger partial charge in [0.05, 0.1) is 49.3 Å². The molecule has 0 aliphatic carbocycles. The number of nitrogens with zero attached hydrogens (tertiary/aromatic N) is 1. The first kappa shape index (κ1) is 31.2. The average molecular weight is 604 g/mol. The van der Waals surface area contributed by atoms with Crippen LogP contribution in [-0.2, 0) is 45.5 Å². The minimum absolute atomic E-state index is 0.0341. The molecule has 0 spiro atoms. The Hall–Kier alpha value is -2.70. The Labute approximate surface area is 249 Å². The van der Waals surface area contributed by atoms with Gasteiger partial charge in [0, 0.05) is 16.6 Å². The second-order valence-electron chi connectivity index (χ2n) is 11.9. The Balaban J connectivity index is 3.58. The van der Waals surface area contributed by atoms with Crippen LogP contribution in [0.2, 0.25) is 0 Å². The molecule has 2 unspecified atom stereocenters. The Morgan fingerprint density at radius 3 is 2.37 bits per heavy atom. The van der Waals surface area contributed by atoms with Crippen molar-refractivity contribution in [1.82, 2.24) is 10.4 Å². The maximum atomic E-state index is 14.0. The van der Waals surface area contributed by atoms with Crippen LogP contribution in [0, 0.1) is 11.3 Å². The van der Waals surface area contributed by atoms with Crippen LogP contribution in [0.15, 0.2) is 24.3 Å². The number of sulfone groups is 1. The van der Waals surface area contributed by atoms with Crippen LogP contribution in [0.25, 0.3) is 0 Å². The van der Waals surface area contributed by atoms with Gasteiger partial charge in [-0.05, 0) is 52.1 Å². The van der Waals surface area contributed by atoms with E-state index in [1.165, 1.54) is 19.2 Å². The lowest BCUT2D eigenvalue weighted by Gasteiger charge is -2.33. The van der Waals surface area contributed by atoms with Gasteiger partial charge in [-0.3, -0.25) is 15.0 Å². The summed E-state index contributed by atoms with van der Waals surface area (Å²) >= 11 is 0.